The van der Waals surface area contributed by atoms with Gasteiger partial charge in [0.1, 0.15) is 11.5 Å². The molecule has 6 nitrogen and oxygen atoms in total. The van der Waals surface area contributed by atoms with E-state index in [-0.39, 0.29) is 17.5 Å². The Hall–Kier alpha value is -2.84. The summed E-state index contributed by atoms with van der Waals surface area (Å²) in [5.41, 5.74) is -0.267. The molecule has 0 saturated carbocycles. The van der Waals surface area contributed by atoms with Gasteiger partial charge in [0.2, 0.25) is 0 Å². The van der Waals surface area contributed by atoms with Crippen LogP contribution in [0.25, 0.3) is 0 Å². The molecule has 0 aliphatic heterocycles. The number of carboxylic acid groups (broad SMARTS) is 1. The van der Waals surface area contributed by atoms with Gasteiger partial charge >= 0.3 is 18.3 Å². The molecular weight excluding hydrogens is 293 g/mol. The summed E-state index contributed by atoms with van der Waals surface area (Å²) < 4.78 is 44.8. The second-order valence-electron chi connectivity index (χ2n) is 3.65. The molecule has 1 aromatic heterocycles. The number of rotatable bonds is 4. The maximum absolute atomic E-state index is 12.0. The zero-order chi connectivity index (χ0) is 15.5. The van der Waals surface area contributed by atoms with Crippen molar-refractivity contribution in [3.8, 4) is 17.5 Å². The number of benzene rings is 1. The third-order valence-electron chi connectivity index (χ3n) is 2.12. The Bertz CT molecular complexity index is 644. The van der Waals surface area contributed by atoms with Crippen molar-refractivity contribution < 1.29 is 32.5 Å². The van der Waals surface area contributed by atoms with Crippen LogP contribution in [-0.2, 0) is 0 Å². The minimum Gasteiger partial charge on any atom is -0.477 e. The fraction of sp³-hybridized carbons (Fsp3) is 0.0833. The highest BCUT2D eigenvalue weighted by Gasteiger charge is 2.30. The first-order valence-corrected chi connectivity index (χ1v) is 5.43. The Morgan fingerprint density at radius 2 is 1.71 bits per heavy atom. The Morgan fingerprint density at radius 3 is 2.29 bits per heavy atom. The Kier molecular flexibility index (Phi) is 3.92. The van der Waals surface area contributed by atoms with Gasteiger partial charge in [-0.25, -0.2) is 9.78 Å². The average Bonchev–Trinajstić information content (AvgIpc) is 2.40. The standard InChI is InChI=1S/C12H7F3N2O4/c13-12(14,15)21-8-3-1-7(2-4-8)20-11-16-6-5-9(17-11)10(18)19/h1-6H,(H,18,19). The van der Waals surface area contributed by atoms with Crippen LogP contribution in [0.4, 0.5) is 13.2 Å². The van der Waals surface area contributed by atoms with Crippen LogP contribution in [0.5, 0.6) is 17.5 Å². The first kappa shape index (κ1) is 14.6. The lowest BCUT2D eigenvalue weighted by molar-refractivity contribution is -0.274. The van der Waals surface area contributed by atoms with Crippen LogP contribution in [0.3, 0.4) is 0 Å². The fourth-order valence-corrected chi connectivity index (χ4v) is 1.32. The minimum absolute atomic E-state index is 0.132. The van der Waals surface area contributed by atoms with Gasteiger partial charge in [0.15, 0.2) is 5.69 Å². The van der Waals surface area contributed by atoms with E-state index in [4.69, 9.17) is 9.84 Å². The van der Waals surface area contributed by atoms with E-state index in [0.717, 1.165) is 12.1 Å². The van der Waals surface area contributed by atoms with Gasteiger partial charge in [-0.3, -0.25) is 0 Å². The molecule has 0 unspecified atom stereocenters. The number of carboxylic acids is 1. The third-order valence-corrected chi connectivity index (χ3v) is 2.12. The van der Waals surface area contributed by atoms with Crippen LogP contribution < -0.4 is 9.47 Å². The molecule has 0 aliphatic rings. The number of nitrogens with zero attached hydrogens (tertiary/aromatic N) is 2. The predicted molar refractivity (Wildman–Crippen MR) is 62.2 cm³/mol. The highest BCUT2D eigenvalue weighted by Crippen LogP contribution is 2.26. The second-order valence-corrected chi connectivity index (χ2v) is 3.65. The summed E-state index contributed by atoms with van der Waals surface area (Å²) >= 11 is 0. The number of ether oxygens (including phenoxy) is 2. The number of hydrogen-bond acceptors (Lipinski definition) is 5. The van der Waals surface area contributed by atoms with Crippen molar-refractivity contribution in [2.24, 2.45) is 0 Å². The normalized spacial score (nSPS) is 11.0. The Balaban J connectivity index is 2.10. The van der Waals surface area contributed by atoms with Crippen LogP contribution in [0, 0.1) is 0 Å². The SMILES string of the molecule is O=C(O)c1ccnc(Oc2ccc(OC(F)(F)F)cc2)n1. The van der Waals surface area contributed by atoms with E-state index in [0.29, 0.717) is 0 Å². The maximum Gasteiger partial charge on any atom is 0.573 e. The number of alkyl halides is 3. The lowest BCUT2D eigenvalue weighted by atomic mass is 10.3. The summed E-state index contributed by atoms with van der Waals surface area (Å²) in [6.45, 7) is 0. The van der Waals surface area contributed by atoms with Crippen molar-refractivity contribution >= 4 is 5.97 Å². The van der Waals surface area contributed by atoms with Crippen molar-refractivity contribution in [3.05, 3.63) is 42.2 Å². The predicted octanol–water partition coefficient (Wildman–Crippen LogP) is 2.87. The lowest BCUT2D eigenvalue weighted by Crippen LogP contribution is -2.16. The molecule has 0 atom stereocenters. The minimum atomic E-state index is -4.78. The number of hydrogen-bond donors (Lipinski definition) is 1. The van der Waals surface area contributed by atoms with Crippen LogP contribution in [0.2, 0.25) is 0 Å². The van der Waals surface area contributed by atoms with Gasteiger partial charge in [-0.05, 0) is 30.3 Å². The summed E-state index contributed by atoms with van der Waals surface area (Å²) in [6.07, 6.45) is -3.59. The molecule has 2 rings (SSSR count). The van der Waals surface area contributed by atoms with Crippen molar-refractivity contribution in [2.75, 3.05) is 0 Å². The van der Waals surface area contributed by atoms with Crippen molar-refractivity contribution in [2.45, 2.75) is 6.36 Å². The van der Waals surface area contributed by atoms with Crippen LogP contribution >= 0.6 is 0 Å². The third kappa shape index (κ3) is 4.34. The topological polar surface area (TPSA) is 81.5 Å². The van der Waals surface area contributed by atoms with Crippen molar-refractivity contribution in [1.29, 1.82) is 0 Å². The molecule has 0 bridgehead atoms. The molecular formula is C12H7F3N2O4. The lowest BCUT2D eigenvalue weighted by Gasteiger charge is -2.09. The molecule has 0 radical (unpaired) electrons. The summed E-state index contributed by atoms with van der Waals surface area (Å²) in [6, 6.07) is 5.44. The van der Waals surface area contributed by atoms with Gasteiger partial charge in [-0.15, -0.1) is 13.2 Å². The number of aromatic carboxylic acids is 1. The largest absolute Gasteiger partial charge is 0.573 e. The van der Waals surface area contributed by atoms with Gasteiger partial charge in [0.25, 0.3) is 0 Å². The maximum atomic E-state index is 12.0. The molecule has 9 heteroatoms. The van der Waals surface area contributed by atoms with Crippen LogP contribution in [0.15, 0.2) is 36.5 Å². The van der Waals surface area contributed by atoms with E-state index in [1.165, 1.54) is 24.4 Å². The first-order valence-electron chi connectivity index (χ1n) is 5.43. The summed E-state index contributed by atoms with van der Waals surface area (Å²) in [7, 11) is 0. The van der Waals surface area contributed by atoms with Crippen LogP contribution in [0.1, 0.15) is 10.5 Å². The molecule has 2 aromatic rings. The highest BCUT2D eigenvalue weighted by molar-refractivity contribution is 5.85. The van der Waals surface area contributed by atoms with Crippen molar-refractivity contribution in [3.63, 3.8) is 0 Å². The summed E-state index contributed by atoms with van der Waals surface area (Å²) in [5, 5.41) is 8.75. The molecule has 110 valence electrons. The van der Waals surface area contributed by atoms with E-state index in [1.807, 2.05) is 0 Å². The zero-order valence-electron chi connectivity index (χ0n) is 10.2. The average molecular weight is 300 g/mol. The van der Waals surface area contributed by atoms with E-state index in [2.05, 4.69) is 14.7 Å². The number of carbonyl (C=O) groups is 1. The van der Waals surface area contributed by atoms with Gasteiger partial charge in [0.05, 0.1) is 0 Å². The Labute approximate surface area is 115 Å². The van der Waals surface area contributed by atoms with Gasteiger partial charge < -0.3 is 14.6 Å². The second kappa shape index (κ2) is 5.65. The molecule has 0 saturated heterocycles. The molecule has 1 N–H and O–H groups in total. The summed E-state index contributed by atoms with van der Waals surface area (Å²) in [4.78, 5) is 18.0. The molecule has 0 aliphatic carbocycles. The van der Waals surface area contributed by atoms with Gasteiger partial charge in [0, 0.05) is 6.20 Å². The molecule has 0 spiro atoms. The molecule has 1 aromatic carbocycles. The monoisotopic (exact) mass is 300 g/mol. The Morgan fingerprint density at radius 1 is 1.10 bits per heavy atom. The van der Waals surface area contributed by atoms with Crippen molar-refractivity contribution in [1.82, 2.24) is 9.97 Å². The fourth-order valence-electron chi connectivity index (χ4n) is 1.32. The van der Waals surface area contributed by atoms with E-state index in [9.17, 15) is 18.0 Å². The molecule has 0 fully saturated rings. The summed E-state index contributed by atoms with van der Waals surface area (Å²) in [5.74, 6) is -1.53. The van der Waals surface area contributed by atoms with Gasteiger partial charge in [-0.1, -0.05) is 0 Å². The zero-order valence-corrected chi connectivity index (χ0v) is 10.2. The molecule has 0 amide bonds. The quantitative estimate of drug-likeness (QED) is 0.935. The molecule has 1 heterocycles. The number of halogens is 3. The number of aromatic nitrogens is 2. The van der Waals surface area contributed by atoms with E-state index in [1.54, 1.807) is 0 Å². The van der Waals surface area contributed by atoms with E-state index < -0.39 is 18.1 Å². The van der Waals surface area contributed by atoms with Crippen LogP contribution in [-0.4, -0.2) is 27.4 Å². The van der Waals surface area contributed by atoms with Gasteiger partial charge in [-0.2, -0.15) is 4.98 Å². The first-order chi connectivity index (χ1) is 9.83. The smallest absolute Gasteiger partial charge is 0.477 e. The van der Waals surface area contributed by atoms with E-state index >= 15 is 0 Å². The molecule has 21 heavy (non-hydrogen) atoms. The highest BCUT2D eigenvalue weighted by atomic mass is 19.4.